The van der Waals surface area contributed by atoms with Gasteiger partial charge >= 0.3 is 0 Å². The molecule has 1 N–H and O–H groups in total. The highest BCUT2D eigenvalue weighted by Crippen LogP contribution is 2.38. The molecule has 0 saturated heterocycles. The molecule has 10 heteroatoms. The van der Waals surface area contributed by atoms with Crippen molar-refractivity contribution in [2.24, 2.45) is 0 Å². The number of nitrogens with one attached hydrogen (secondary N) is 1. The van der Waals surface area contributed by atoms with Gasteiger partial charge in [-0.15, -0.1) is 0 Å². The van der Waals surface area contributed by atoms with Crippen LogP contribution in [0.5, 0.6) is 0 Å². The van der Waals surface area contributed by atoms with Crippen LogP contribution in [0.3, 0.4) is 0 Å². The minimum atomic E-state index is -0.330. The number of aromatic nitrogens is 3. The van der Waals surface area contributed by atoms with Gasteiger partial charge < -0.3 is 9.25 Å². The number of rotatable bonds is 5. The number of halogens is 2. The molecule has 1 aliphatic rings. The predicted octanol–water partition coefficient (Wildman–Crippen LogP) is 5.47. The molecular formula is C21H13ClFN5O2S. The quantitative estimate of drug-likeness (QED) is 0.426. The Morgan fingerprint density at radius 3 is 2.48 bits per heavy atom. The molecule has 0 unspecified atom stereocenters. The number of benzene rings is 1. The monoisotopic (exact) mass is 453 g/mol. The minimum Gasteiger partial charge on any atom is -0.429 e. The van der Waals surface area contributed by atoms with Crippen LogP contribution in [0.25, 0.3) is 22.7 Å². The van der Waals surface area contributed by atoms with Crippen LogP contribution in [0, 0.1) is 5.82 Å². The zero-order chi connectivity index (χ0) is 21.2. The fourth-order valence-electron chi connectivity index (χ4n) is 2.79. The molecule has 1 aromatic carbocycles. The number of hydrogen-bond acceptors (Lipinski definition) is 8. The second-order valence-electron chi connectivity index (χ2n) is 6.35. The summed E-state index contributed by atoms with van der Waals surface area (Å²) in [6.07, 6.45) is 6.47. The Morgan fingerprint density at radius 1 is 0.968 bits per heavy atom. The van der Waals surface area contributed by atoms with Crippen molar-refractivity contribution >= 4 is 29.2 Å². The Morgan fingerprint density at radius 2 is 1.81 bits per heavy atom. The summed E-state index contributed by atoms with van der Waals surface area (Å²) in [5.74, 6) is 0.685. The Kier molecular flexibility index (Phi) is 5.29. The van der Waals surface area contributed by atoms with Crippen molar-refractivity contribution in [2.75, 3.05) is 5.01 Å². The van der Waals surface area contributed by atoms with Crippen LogP contribution in [0.2, 0.25) is 5.02 Å². The third kappa shape index (κ3) is 4.24. The van der Waals surface area contributed by atoms with E-state index in [9.17, 15) is 4.39 Å². The molecule has 0 amide bonds. The smallest absolute Gasteiger partial charge is 0.228 e. The zero-order valence-corrected chi connectivity index (χ0v) is 17.3. The first-order valence-electron chi connectivity index (χ1n) is 9.05. The molecule has 7 nitrogen and oxygen atoms in total. The Bertz CT molecular complexity index is 1230. The maximum Gasteiger partial charge on any atom is 0.228 e. The van der Waals surface area contributed by atoms with Crippen molar-refractivity contribution in [3.8, 4) is 22.7 Å². The van der Waals surface area contributed by atoms with Crippen LogP contribution in [0.15, 0.2) is 87.9 Å². The van der Waals surface area contributed by atoms with Gasteiger partial charge in [-0.3, -0.25) is 0 Å². The molecule has 4 aromatic rings. The normalized spacial score (nSPS) is 12.9. The van der Waals surface area contributed by atoms with E-state index >= 15 is 0 Å². The van der Waals surface area contributed by atoms with Gasteiger partial charge in [-0.05, 0) is 60.3 Å². The summed E-state index contributed by atoms with van der Waals surface area (Å²) in [7, 11) is 0. The van der Waals surface area contributed by atoms with E-state index in [0.717, 1.165) is 5.56 Å². The SMILES string of the molecule is Fc1ccc(-c2nc(-c3ccc(N4C=CON4)nc3)c(Sc3ccc(Cl)cn3)o2)cc1. The van der Waals surface area contributed by atoms with Gasteiger partial charge in [0.25, 0.3) is 0 Å². The van der Waals surface area contributed by atoms with E-state index in [4.69, 9.17) is 20.9 Å². The number of anilines is 1. The standard InChI is InChI=1S/C21H13ClFN5O2S/c22-15-4-8-18(25-12-15)31-21-19(26-20(30-21)13-1-5-16(23)6-2-13)14-3-7-17(24-11-14)28-9-10-29-27-28/h1-12,27H. The number of hydrazine groups is 1. The van der Waals surface area contributed by atoms with Gasteiger partial charge in [0.15, 0.2) is 5.09 Å². The van der Waals surface area contributed by atoms with E-state index in [-0.39, 0.29) is 5.82 Å². The topological polar surface area (TPSA) is 76.3 Å². The second kappa shape index (κ2) is 8.38. The molecule has 1 aliphatic heterocycles. The van der Waals surface area contributed by atoms with Gasteiger partial charge in [-0.2, -0.15) is 0 Å². The highest BCUT2D eigenvalue weighted by molar-refractivity contribution is 7.99. The molecule has 0 fully saturated rings. The summed E-state index contributed by atoms with van der Waals surface area (Å²) < 4.78 is 19.4. The predicted molar refractivity (Wildman–Crippen MR) is 114 cm³/mol. The second-order valence-corrected chi connectivity index (χ2v) is 7.78. The lowest BCUT2D eigenvalue weighted by atomic mass is 10.2. The summed E-state index contributed by atoms with van der Waals surface area (Å²) in [6.45, 7) is 0. The molecule has 0 bridgehead atoms. The maximum absolute atomic E-state index is 13.3. The molecule has 3 aromatic heterocycles. The van der Waals surface area contributed by atoms with Gasteiger partial charge in [-0.25, -0.2) is 24.4 Å². The molecule has 0 atom stereocenters. The lowest BCUT2D eigenvalue weighted by Crippen LogP contribution is -2.27. The van der Waals surface area contributed by atoms with E-state index < -0.39 is 0 Å². The zero-order valence-electron chi connectivity index (χ0n) is 15.7. The van der Waals surface area contributed by atoms with Gasteiger partial charge in [0.2, 0.25) is 5.89 Å². The van der Waals surface area contributed by atoms with Crippen molar-refractivity contribution in [1.29, 1.82) is 0 Å². The Hall–Kier alpha value is -3.40. The summed E-state index contributed by atoms with van der Waals surface area (Å²) >= 11 is 7.25. The fourth-order valence-corrected chi connectivity index (χ4v) is 3.72. The van der Waals surface area contributed by atoms with Crippen LogP contribution >= 0.6 is 23.4 Å². The van der Waals surface area contributed by atoms with Crippen LogP contribution in [0.1, 0.15) is 0 Å². The summed E-state index contributed by atoms with van der Waals surface area (Å²) in [5.41, 5.74) is 4.69. The largest absolute Gasteiger partial charge is 0.429 e. The minimum absolute atomic E-state index is 0.330. The van der Waals surface area contributed by atoms with Gasteiger partial charge in [0.05, 0.1) is 11.2 Å². The Balaban J connectivity index is 1.52. The van der Waals surface area contributed by atoms with E-state index in [1.165, 1.54) is 30.2 Å². The fraction of sp³-hybridized carbons (Fsp3) is 0. The average molecular weight is 454 g/mol. The molecule has 4 heterocycles. The molecule has 31 heavy (non-hydrogen) atoms. The summed E-state index contributed by atoms with van der Waals surface area (Å²) in [4.78, 5) is 18.4. The first kappa shape index (κ1) is 19.6. The van der Waals surface area contributed by atoms with Crippen LogP contribution in [0.4, 0.5) is 10.2 Å². The third-order valence-corrected chi connectivity index (χ3v) is 5.42. The molecule has 0 aliphatic carbocycles. The Labute approximate surface area is 185 Å². The van der Waals surface area contributed by atoms with Gasteiger partial charge in [0, 0.05) is 23.5 Å². The van der Waals surface area contributed by atoms with Gasteiger partial charge in [-0.1, -0.05) is 17.2 Å². The number of nitrogens with zero attached hydrogens (tertiary/aromatic N) is 4. The molecule has 154 valence electrons. The van der Waals surface area contributed by atoms with Gasteiger partial charge in [0.1, 0.15) is 28.6 Å². The highest BCUT2D eigenvalue weighted by atomic mass is 35.5. The van der Waals surface area contributed by atoms with E-state index in [0.29, 0.717) is 38.1 Å². The van der Waals surface area contributed by atoms with Crippen LogP contribution < -0.4 is 10.6 Å². The van der Waals surface area contributed by atoms with Crippen molar-refractivity contribution in [3.63, 3.8) is 0 Å². The first-order chi connectivity index (χ1) is 15.2. The van der Waals surface area contributed by atoms with E-state index in [2.05, 4.69) is 20.5 Å². The highest BCUT2D eigenvalue weighted by Gasteiger charge is 2.19. The lowest BCUT2D eigenvalue weighted by Gasteiger charge is -2.12. The average Bonchev–Trinajstić information content (AvgIpc) is 3.47. The maximum atomic E-state index is 13.3. The van der Waals surface area contributed by atoms with Crippen LogP contribution in [-0.2, 0) is 4.84 Å². The number of pyridine rings is 2. The van der Waals surface area contributed by atoms with E-state index in [1.54, 1.807) is 47.9 Å². The molecular weight excluding hydrogens is 441 g/mol. The van der Waals surface area contributed by atoms with Crippen molar-refractivity contribution in [2.45, 2.75) is 10.1 Å². The molecule has 0 spiro atoms. The molecule has 0 saturated carbocycles. The first-order valence-corrected chi connectivity index (χ1v) is 10.2. The number of hydrogen-bond donors (Lipinski definition) is 1. The molecule has 5 rings (SSSR count). The lowest BCUT2D eigenvalue weighted by molar-refractivity contribution is 0.158. The van der Waals surface area contributed by atoms with E-state index in [1.807, 2.05) is 12.1 Å². The summed E-state index contributed by atoms with van der Waals surface area (Å²) in [6, 6.07) is 13.2. The number of oxazole rings is 1. The van der Waals surface area contributed by atoms with Crippen molar-refractivity contribution in [3.05, 3.63) is 84.2 Å². The van der Waals surface area contributed by atoms with Crippen molar-refractivity contribution < 1.29 is 13.6 Å². The van der Waals surface area contributed by atoms with Crippen molar-refractivity contribution in [1.82, 2.24) is 20.5 Å². The third-order valence-electron chi connectivity index (χ3n) is 4.28. The molecule has 0 radical (unpaired) electrons. The summed E-state index contributed by atoms with van der Waals surface area (Å²) in [5, 5.41) is 3.40. The van der Waals surface area contributed by atoms with Crippen LogP contribution in [-0.4, -0.2) is 15.0 Å².